The van der Waals surface area contributed by atoms with Gasteiger partial charge in [0.15, 0.2) is 24.3 Å². The first kappa shape index (κ1) is 13.2. The van der Waals surface area contributed by atoms with Gasteiger partial charge in [0, 0.05) is 5.75 Å². The van der Waals surface area contributed by atoms with Gasteiger partial charge in [0.25, 0.3) is 0 Å². The SMILES string of the molecule is CCS(=O)(=O)C(C)S(=O)(=O)c1ccccc1. The summed E-state index contributed by atoms with van der Waals surface area (Å²) in [5, 5.41) is 0. The van der Waals surface area contributed by atoms with Gasteiger partial charge in [-0.3, -0.25) is 0 Å². The van der Waals surface area contributed by atoms with Gasteiger partial charge in [-0.15, -0.1) is 0 Å². The summed E-state index contributed by atoms with van der Waals surface area (Å²) in [5.74, 6) is -0.180. The zero-order valence-electron chi connectivity index (χ0n) is 9.12. The maximum atomic E-state index is 12.0. The van der Waals surface area contributed by atoms with Crippen LogP contribution in [0.2, 0.25) is 0 Å². The highest BCUT2D eigenvalue weighted by atomic mass is 32.3. The Morgan fingerprint density at radius 1 is 1.06 bits per heavy atom. The molecule has 0 aromatic heterocycles. The van der Waals surface area contributed by atoms with Gasteiger partial charge >= 0.3 is 0 Å². The molecule has 1 atom stereocenters. The second kappa shape index (κ2) is 4.55. The zero-order valence-corrected chi connectivity index (χ0v) is 10.8. The van der Waals surface area contributed by atoms with Crippen LogP contribution in [0.4, 0.5) is 0 Å². The lowest BCUT2D eigenvalue weighted by molar-refractivity contribution is 0.578. The predicted octanol–water partition coefficient (Wildman–Crippen LogP) is 1.24. The Morgan fingerprint density at radius 2 is 1.56 bits per heavy atom. The normalized spacial score (nSPS) is 14.6. The van der Waals surface area contributed by atoms with Crippen molar-refractivity contribution in [3.63, 3.8) is 0 Å². The van der Waals surface area contributed by atoms with Gasteiger partial charge in [-0.1, -0.05) is 25.1 Å². The van der Waals surface area contributed by atoms with E-state index in [1.807, 2.05) is 0 Å². The summed E-state index contributed by atoms with van der Waals surface area (Å²) < 4.78 is 45.6. The van der Waals surface area contributed by atoms with E-state index in [1.54, 1.807) is 18.2 Å². The lowest BCUT2D eigenvalue weighted by Gasteiger charge is -2.12. The van der Waals surface area contributed by atoms with Crippen molar-refractivity contribution in [2.75, 3.05) is 5.75 Å². The smallest absolute Gasteiger partial charge is 0.195 e. The molecule has 0 bridgehead atoms. The molecule has 16 heavy (non-hydrogen) atoms. The fourth-order valence-corrected chi connectivity index (χ4v) is 4.90. The van der Waals surface area contributed by atoms with Crippen LogP contribution in [0.25, 0.3) is 0 Å². The highest BCUT2D eigenvalue weighted by Crippen LogP contribution is 2.19. The molecular weight excluding hydrogens is 248 g/mol. The first-order valence-electron chi connectivity index (χ1n) is 4.83. The van der Waals surface area contributed by atoms with Crippen molar-refractivity contribution in [3.8, 4) is 0 Å². The Labute approximate surface area is 96.1 Å². The van der Waals surface area contributed by atoms with Crippen LogP contribution in [0.1, 0.15) is 13.8 Å². The molecule has 0 spiro atoms. The summed E-state index contributed by atoms with van der Waals surface area (Å²) in [7, 11) is -7.39. The molecule has 1 unspecified atom stereocenters. The number of hydrogen-bond donors (Lipinski definition) is 0. The van der Waals surface area contributed by atoms with E-state index in [9.17, 15) is 16.8 Å². The summed E-state index contributed by atoms with van der Waals surface area (Å²) >= 11 is 0. The first-order valence-corrected chi connectivity index (χ1v) is 8.09. The maximum Gasteiger partial charge on any atom is 0.195 e. The molecule has 0 N–H and O–H groups in total. The van der Waals surface area contributed by atoms with E-state index in [1.165, 1.54) is 26.0 Å². The summed E-state index contributed by atoms with van der Waals surface area (Å²) in [6, 6.07) is 7.61. The lowest BCUT2D eigenvalue weighted by Crippen LogP contribution is -2.28. The lowest BCUT2D eigenvalue weighted by atomic mass is 10.4. The fourth-order valence-electron chi connectivity index (χ4n) is 1.23. The summed E-state index contributed by atoms with van der Waals surface area (Å²) in [4.78, 5) is 0.0412. The Balaban J connectivity index is 3.25. The topological polar surface area (TPSA) is 68.3 Å². The number of sulfone groups is 2. The average molecular weight is 262 g/mol. The second-order valence-electron chi connectivity index (χ2n) is 3.38. The van der Waals surface area contributed by atoms with Crippen molar-refractivity contribution in [1.82, 2.24) is 0 Å². The van der Waals surface area contributed by atoms with E-state index in [0.29, 0.717) is 0 Å². The van der Waals surface area contributed by atoms with Gasteiger partial charge in [-0.2, -0.15) is 0 Å². The molecule has 0 saturated heterocycles. The van der Waals surface area contributed by atoms with Crippen molar-refractivity contribution in [3.05, 3.63) is 30.3 Å². The van der Waals surface area contributed by atoms with E-state index in [-0.39, 0.29) is 10.6 Å². The van der Waals surface area contributed by atoms with Crippen molar-refractivity contribution >= 4 is 19.7 Å². The summed E-state index contributed by atoms with van der Waals surface area (Å²) in [5.41, 5.74) is 0. The molecule has 0 heterocycles. The van der Waals surface area contributed by atoms with Gasteiger partial charge in [0.1, 0.15) is 0 Å². The standard InChI is InChI=1S/C10H14O4S2/c1-3-15(11,12)9(2)16(13,14)10-7-5-4-6-8-10/h4-9H,3H2,1-2H3. The molecule has 90 valence electrons. The van der Waals surface area contributed by atoms with E-state index < -0.39 is 24.3 Å². The van der Waals surface area contributed by atoms with Crippen molar-refractivity contribution in [1.29, 1.82) is 0 Å². The van der Waals surface area contributed by atoms with Crippen LogP contribution in [0.3, 0.4) is 0 Å². The molecule has 0 radical (unpaired) electrons. The minimum Gasteiger partial charge on any atom is -0.228 e. The molecule has 1 aromatic carbocycles. The van der Waals surface area contributed by atoms with Gasteiger partial charge in [0.05, 0.1) is 4.90 Å². The third-order valence-corrected chi connectivity index (χ3v) is 7.68. The third kappa shape index (κ3) is 2.44. The van der Waals surface area contributed by atoms with Crippen LogP contribution in [0, 0.1) is 0 Å². The van der Waals surface area contributed by atoms with Crippen molar-refractivity contribution in [2.24, 2.45) is 0 Å². The van der Waals surface area contributed by atoms with Gasteiger partial charge in [0.2, 0.25) is 0 Å². The number of rotatable bonds is 4. The summed E-state index contributed by atoms with van der Waals surface area (Å²) in [6.45, 7) is 2.65. The Hall–Kier alpha value is -0.880. The van der Waals surface area contributed by atoms with Crippen LogP contribution in [0.15, 0.2) is 35.2 Å². The largest absolute Gasteiger partial charge is 0.228 e. The van der Waals surface area contributed by atoms with Gasteiger partial charge < -0.3 is 0 Å². The van der Waals surface area contributed by atoms with E-state index in [2.05, 4.69) is 0 Å². The molecule has 6 heteroatoms. The van der Waals surface area contributed by atoms with Crippen LogP contribution >= 0.6 is 0 Å². The summed E-state index contributed by atoms with van der Waals surface area (Å²) in [6.07, 6.45) is 0. The van der Waals surface area contributed by atoms with Gasteiger partial charge in [-0.25, -0.2) is 16.8 Å². The number of benzene rings is 1. The molecule has 0 aliphatic rings. The quantitative estimate of drug-likeness (QED) is 0.818. The van der Waals surface area contributed by atoms with Crippen molar-refractivity contribution < 1.29 is 16.8 Å². The van der Waals surface area contributed by atoms with Gasteiger partial charge in [-0.05, 0) is 19.1 Å². The molecule has 1 aromatic rings. The van der Waals surface area contributed by atoms with Crippen LogP contribution in [-0.2, 0) is 19.7 Å². The average Bonchev–Trinajstić information content (AvgIpc) is 2.29. The van der Waals surface area contributed by atoms with Crippen LogP contribution < -0.4 is 0 Å². The molecule has 0 aliphatic carbocycles. The monoisotopic (exact) mass is 262 g/mol. The molecule has 4 nitrogen and oxygen atoms in total. The minimum atomic E-state index is -3.80. The van der Waals surface area contributed by atoms with Crippen molar-refractivity contribution in [2.45, 2.75) is 23.3 Å². The minimum absolute atomic E-state index is 0.0412. The highest BCUT2D eigenvalue weighted by Gasteiger charge is 2.33. The Kier molecular flexibility index (Phi) is 3.75. The van der Waals surface area contributed by atoms with E-state index in [4.69, 9.17) is 0 Å². The Bertz CT molecular complexity index is 544. The molecular formula is C10H14O4S2. The molecule has 0 saturated carbocycles. The number of hydrogen-bond acceptors (Lipinski definition) is 4. The fraction of sp³-hybridized carbons (Fsp3) is 0.400. The third-order valence-electron chi connectivity index (χ3n) is 2.42. The van der Waals surface area contributed by atoms with Crippen LogP contribution in [0.5, 0.6) is 0 Å². The van der Waals surface area contributed by atoms with E-state index in [0.717, 1.165) is 0 Å². The zero-order chi connectivity index (χ0) is 12.4. The second-order valence-corrected chi connectivity index (χ2v) is 8.55. The van der Waals surface area contributed by atoms with Crippen LogP contribution in [-0.4, -0.2) is 27.2 Å². The maximum absolute atomic E-state index is 12.0. The van der Waals surface area contributed by atoms with E-state index >= 15 is 0 Å². The molecule has 0 aliphatic heterocycles. The highest BCUT2D eigenvalue weighted by molar-refractivity contribution is 8.09. The molecule has 0 fully saturated rings. The Morgan fingerprint density at radius 3 is 2.00 bits per heavy atom. The first-order chi connectivity index (χ1) is 7.32. The predicted molar refractivity (Wildman–Crippen MR) is 62.6 cm³/mol. The molecule has 1 rings (SSSR count). The molecule has 0 amide bonds.